The molecule has 2 N–H and O–H groups in total. The van der Waals surface area contributed by atoms with Gasteiger partial charge in [0.15, 0.2) is 0 Å². The minimum Gasteiger partial charge on any atom is -0.478 e. The summed E-state index contributed by atoms with van der Waals surface area (Å²) in [7, 11) is 0. The van der Waals surface area contributed by atoms with E-state index in [1.807, 2.05) is 19.9 Å². The molecule has 0 radical (unpaired) electrons. The molecular weight excluding hydrogens is 309 g/mol. The van der Waals surface area contributed by atoms with Crippen LogP contribution in [0.1, 0.15) is 34.5 Å². The first-order valence-corrected chi connectivity index (χ1v) is 7.19. The smallest absolute Gasteiger partial charge is 0.335 e. The van der Waals surface area contributed by atoms with Gasteiger partial charge in [-0.1, -0.05) is 35.3 Å². The van der Waals surface area contributed by atoms with E-state index in [4.69, 9.17) is 28.3 Å². The van der Waals surface area contributed by atoms with Gasteiger partial charge >= 0.3 is 5.97 Å². The standard InChI is InChI=1S/C16H15Cl2NO2/c1-9-3-4-12(16(20)21)8-15(9)19-10(2)11-5-6-13(17)14(18)7-11/h3-8,10,19H,1-2H3,(H,20,21). The fourth-order valence-electron chi connectivity index (χ4n) is 2.01. The monoisotopic (exact) mass is 323 g/mol. The van der Waals surface area contributed by atoms with Crippen molar-refractivity contribution >= 4 is 34.9 Å². The number of carboxylic acids is 1. The van der Waals surface area contributed by atoms with Crippen LogP contribution in [0.5, 0.6) is 0 Å². The van der Waals surface area contributed by atoms with E-state index in [1.165, 1.54) is 0 Å². The van der Waals surface area contributed by atoms with Gasteiger partial charge in [0.25, 0.3) is 0 Å². The Labute approximate surface area is 133 Å². The molecule has 0 spiro atoms. The quantitative estimate of drug-likeness (QED) is 0.815. The Hall–Kier alpha value is -1.71. The Morgan fingerprint density at radius 3 is 2.48 bits per heavy atom. The SMILES string of the molecule is Cc1ccc(C(=O)O)cc1NC(C)c1ccc(Cl)c(Cl)c1. The molecule has 2 aromatic rings. The van der Waals surface area contributed by atoms with Crippen LogP contribution in [0.4, 0.5) is 5.69 Å². The molecular formula is C16H15Cl2NO2. The number of anilines is 1. The maximum Gasteiger partial charge on any atom is 0.335 e. The number of carbonyl (C=O) groups is 1. The van der Waals surface area contributed by atoms with Gasteiger partial charge in [0.05, 0.1) is 15.6 Å². The molecule has 0 aliphatic rings. The van der Waals surface area contributed by atoms with Gasteiger partial charge in [-0.25, -0.2) is 4.79 Å². The van der Waals surface area contributed by atoms with Gasteiger partial charge in [0.2, 0.25) is 0 Å². The zero-order valence-corrected chi connectivity index (χ0v) is 13.2. The van der Waals surface area contributed by atoms with Crippen molar-refractivity contribution in [2.24, 2.45) is 0 Å². The molecule has 0 bridgehead atoms. The van der Waals surface area contributed by atoms with E-state index in [0.29, 0.717) is 10.0 Å². The van der Waals surface area contributed by atoms with E-state index in [1.54, 1.807) is 30.3 Å². The van der Waals surface area contributed by atoms with Gasteiger partial charge < -0.3 is 10.4 Å². The van der Waals surface area contributed by atoms with Gasteiger partial charge in [-0.2, -0.15) is 0 Å². The van der Waals surface area contributed by atoms with E-state index in [2.05, 4.69) is 5.32 Å². The molecule has 0 heterocycles. The molecule has 2 aromatic carbocycles. The third kappa shape index (κ3) is 3.69. The van der Waals surface area contributed by atoms with Crippen molar-refractivity contribution in [1.29, 1.82) is 0 Å². The van der Waals surface area contributed by atoms with Crippen LogP contribution in [-0.4, -0.2) is 11.1 Å². The second-order valence-electron chi connectivity index (χ2n) is 4.87. The van der Waals surface area contributed by atoms with Crippen LogP contribution in [0.3, 0.4) is 0 Å². The van der Waals surface area contributed by atoms with Crippen molar-refractivity contribution in [3.05, 3.63) is 63.1 Å². The Kier molecular flexibility index (Phi) is 4.76. The Balaban J connectivity index is 2.26. The molecule has 110 valence electrons. The molecule has 0 saturated carbocycles. The molecule has 21 heavy (non-hydrogen) atoms. The van der Waals surface area contributed by atoms with Crippen LogP contribution >= 0.6 is 23.2 Å². The molecule has 0 aromatic heterocycles. The van der Waals surface area contributed by atoms with Crippen LogP contribution in [0.2, 0.25) is 10.0 Å². The minimum absolute atomic E-state index is 0.0255. The molecule has 0 saturated heterocycles. The Morgan fingerprint density at radius 1 is 1.14 bits per heavy atom. The number of carboxylic acid groups (broad SMARTS) is 1. The zero-order chi connectivity index (χ0) is 15.6. The molecule has 1 unspecified atom stereocenters. The van der Waals surface area contributed by atoms with Crippen molar-refractivity contribution in [1.82, 2.24) is 0 Å². The highest BCUT2D eigenvalue weighted by molar-refractivity contribution is 6.42. The van der Waals surface area contributed by atoms with Crippen molar-refractivity contribution in [3.63, 3.8) is 0 Å². The summed E-state index contributed by atoms with van der Waals surface area (Å²) < 4.78 is 0. The molecule has 0 fully saturated rings. The number of aromatic carboxylic acids is 1. The highest BCUT2D eigenvalue weighted by Gasteiger charge is 2.11. The molecule has 0 aliphatic carbocycles. The molecule has 5 heteroatoms. The van der Waals surface area contributed by atoms with Crippen LogP contribution in [-0.2, 0) is 0 Å². The molecule has 2 rings (SSSR count). The third-order valence-corrected chi connectivity index (χ3v) is 4.04. The maximum atomic E-state index is 11.0. The van der Waals surface area contributed by atoms with Crippen molar-refractivity contribution in [2.45, 2.75) is 19.9 Å². The topological polar surface area (TPSA) is 49.3 Å². The summed E-state index contributed by atoms with van der Waals surface area (Å²) in [6, 6.07) is 10.4. The lowest BCUT2D eigenvalue weighted by Gasteiger charge is -2.18. The lowest BCUT2D eigenvalue weighted by molar-refractivity contribution is 0.0697. The van der Waals surface area contributed by atoms with E-state index in [-0.39, 0.29) is 11.6 Å². The lowest BCUT2D eigenvalue weighted by Crippen LogP contribution is -2.09. The first-order valence-electron chi connectivity index (χ1n) is 6.44. The minimum atomic E-state index is -0.944. The summed E-state index contributed by atoms with van der Waals surface area (Å²) in [4.78, 5) is 11.0. The van der Waals surface area contributed by atoms with Gasteiger partial charge in [0.1, 0.15) is 0 Å². The number of aryl methyl sites for hydroxylation is 1. The zero-order valence-electron chi connectivity index (χ0n) is 11.7. The number of hydrogen-bond donors (Lipinski definition) is 2. The molecule has 1 atom stereocenters. The number of benzene rings is 2. The number of nitrogens with one attached hydrogen (secondary N) is 1. The summed E-state index contributed by atoms with van der Waals surface area (Å²) in [5, 5.41) is 13.4. The first kappa shape index (κ1) is 15.7. The number of hydrogen-bond acceptors (Lipinski definition) is 2. The highest BCUT2D eigenvalue weighted by atomic mass is 35.5. The summed E-state index contributed by atoms with van der Waals surface area (Å²) in [5.74, 6) is -0.944. The summed E-state index contributed by atoms with van der Waals surface area (Å²) in [6.45, 7) is 3.90. The molecule has 3 nitrogen and oxygen atoms in total. The lowest BCUT2D eigenvalue weighted by atomic mass is 10.1. The van der Waals surface area contributed by atoms with Crippen LogP contribution in [0, 0.1) is 6.92 Å². The average molecular weight is 324 g/mol. The van der Waals surface area contributed by atoms with Gasteiger partial charge in [-0.15, -0.1) is 0 Å². The fraction of sp³-hybridized carbons (Fsp3) is 0.188. The Morgan fingerprint density at radius 2 is 1.86 bits per heavy atom. The predicted molar refractivity (Wildman–Crippen MR) is 86.6 cm³/mol. The summed E-state index contributed by atoms with van der Waals surface area (Å²) in [5.41, 5.74) is 2.99. The van der Waals surface area contributed by atoms with E-state index < -0.39 is 5.97 Å². The number of rotatable bonds is 4. The predicted octanol–water partition coefficient (Wildman–Crippen LogP) is 5.17. The fourth-order valence-corrected chi connectivity index (χ4v) is 2.32. The second kappa shape index (κ2) is 6.37. The van der Waals surface area contributed by atoms with Crippen LogP contribution in [0.25, 0.3) is 0 Å². The van der Waals surface area contributed by atoms with Gasteiger partial charge in [0, 0.05) is 11.7 Å². The maximum absolute atomic E-state index is 11.0. The normalized spacial score (nSPS) is 12.0. The number of halogens is 2. The van der Waals surface area contributed by atoms with Crippen molar-refractivity contribution in [3.8, 4) is 0 Å². The third-order valence-electron chi connectivity index (χ3n) is 3.30. The van der Waals surface area contributed by atoms with Crippen LogP contribution < -0.4 is 5.32 Å². The van der Waals surface area contributed by atoms with Crippen molar-refractivity contribution in [2.75, 3.05) is 5.32 Å². The average Bonchev–Trinajstić information content (AvgIpc) is 2.43. The van der Waals surface area contributed by atoms with E-state index in [0.717, 1.165) is 16.8 Å². The van der Waals surface area contributed by atoms with Crippen LogP contribution in [0.15, 0.2) is 36.4 Å². The second-order valence-corrected chi connectivity index (χ2v) is 5.69. The van der Waals surface area contributed by atoms with Gasteiger partial charge in [-0.3, -0.25) is 0 Å². The highest BCUT2D eigenvalue weighted by Crippen LogP contribution is 2.28. The molecule has 0 aliphatic heterocycles. The van der Waals surface area contributed by atoms with E-state index >= 15 is 0 Å². The summed E-state index contributed by atoms with van der Waals surface area (Å²) >= 11 is 11.9. The first-order chi connectivity index (χ1) is 9.88. The molecule has 0 amide bonds. The summed E-state index contributed by atoms with van der Waals surface area (Å²) in [6.07, 6.45) is 0. The van der Waals surface area contributed by atoms with Crippen molar-refractivity contribution < 1.29 is 9.90 Å². The van der Waals surface area contributed by atoms with Gasteiger partial charge in [-0.05, 0) is 49.2 Å². The Bertz CT molecular complexity index is 686. The largest absolute Gasteiger partial charge is 0.478 e. The van der Waals surface area contributed by atoms with E-state index in [9.17, 15) is 4.79 Å².